The fraction of sp³-hybridized carbons (Fsp3) is 0.562. The lowest BCUT2D eigenvalue weighted by Crippen LogP contribution is -2.45. The first-order chi connectivity index (χ1) is 10.2. The van der Waals surface area contributed by atoms with Crippen molar-refractivity contribution in [3.63, 3.8) is 0 Å². The second kappa shape index (κ2) is 8.41. The molecule has 1 aromatic carbocycles. The number of nitrogens with zero attached hydrogens (tertiary/aromatic N) is 1. The normalized spacial score (nSPS) is 16.9. The van der Waals surface area contributed by atoms with Crippen LogP contribution in [-0.4, -0.2) is 49.8 Å². The molecule has 1 aromatic rings. The summed E-state index contributed by atoms with van der Waals surface area (Å²) < 4.78 is 0. The van der Waals surface area contributed by atoms with Crippen LogP contribution >= 0.6 is 11.8 Å². The van der Waals surface area contributed by atoms with Gasteiger partial charge in [0, 0.05) is 37.6 Å². The summed E-state index contributed by atoms with van der Waals surface area (Å²) in [4.78, 5) is 14.9. The van der Waals surface area contributed by atoms with E-state index >= 15 is 0 Å². The van der Waals surface area contributed by atoms with E-state index in [1.165, 1.54) is 10.5 Å². The van der Waals surface area contributed by atoms with Gasteiger partial charge in [-0.25, -0.2) is 0 Å². The van der Waals surface area contributed by atoms with Crippen LogP contribution in [-0.2, 0) is 11.3 Å². The van der Waals surface area contributed by atoms with E-state index in [9.17, 15) is 4.79 Å². The summed E-state index contributed by atoms with van der Waals surface area (Å²) >= 11 is 1.77. The summed E-state index contributed by atoms with van der Waals surface area (Å²) in [5.74, 6) is 0.107. The highest BCUT2D eigenvalue weighted by Crippen LogP contribution is 2.15. The van der Waals surface area contributed by atoms with E-state index in [-0.39, 0.29) is 5.91 Å². The summed E-state index contributed by atoms with van der Waals surface area (Å²) in [5, 5.41) is 6.31. The Kier molecular flexibility index (Phi) is 6.54. The topological polar surface area (TPSA) is 44.4 Å². The summed E-state index contributed by atoms with van der Waals surface area (Å²) in [7, 11) is 1.69. The number of amides is 1. The van der Waals surface area contributed by atoms with Crippen molar-refractivity contribution in [2.24, 2.45) is 0 Å². The van der Waals surface area contributed by atoms with Crippen LogP contribution in [0.3, 0.4) is 0 Å². The van der Waals surface area contributed by atoms with E-state index in [2.05, 4.69) is 46.1 Å². The van der Waals surface area contributed by atoms with Crippen LogP contribution in [0, 0.1) is 0 Å². The van der Waals surface area contributed by atoms with E-state index in [1.807, 2.05) is 0 Å². The number of hydrogen-bond donors (Lipinski definition) is 2. The second-order valence-corrected chi connectivity index (χ2v) is 6.33. The van der Waals surface area contributed by atoms with Gasteiger partial charge in [0.25, 0.3) is 0 Å². The molecule has 1 fully saturated rings. The van der Waals surface area contributed by atoms with Crippen LogP contribution in [0.2, 0.25) is 0 Å². The van der Waals surface area contributed by atoms with Crippen LogP contribution in [0.15, 0.2) is 29.2 Å². The third-order valence-electron chi connectivity index (χ3n) is 3.99. The highest BCUT2D eigenvalue weighted by atomic mass is 32.2. The summed E-state index contributed by atoms with van der Waals surface area (Å²) in [6.07, 6.45) is 4.32. The Hall–Kier alpha value is -1.04. The molecular formula is C16H25N3OS. The molecule has 1 heterocycles. The summed E-state index contributed by atoms with van der Waals surface area (Å²) in [6.45, 7) is 3.45. The van der Waals surface area contributed by atoms with Crippen molar-refractivity contribution in [2.45, 2.75) is 30.3 Å². The van der Waals surface area contributed by atoms with Crippen molar-refractivity contribution in [3.8, 4) is 0 Å². The SMILES string of the molecule is CNC(=O)CN1CCC(NCc2ccc(SC)cc2)CC1. The fourth-order valence-electron chi connectivity index (χ4n) is 2.58. The largest absolute Gasteiger partial charge is 0.358 e. The van der Waals surface area contributed by atoms with Crippen LogP contribution in [0.25, 0.3) is 0 Å². The molecule has 0 radical (unpaired) electrons. The molecule has 2 rings (SSSR count). The van der Waals surface area contributed by atoms with E-state index in [0.717, 1.165) is 32.5 Å². The van der Waals surface area contributed by atoms with E-state index in [1.54, 1.807) is 18.8 Å². The van der Waals surface area contributed by atoms with Gasteiger partial charge in [0.15, 0.2) is 0 Å². The summed E-state index contributed by atoms with van der Waals surface area (Å²) in [6, 6.07) is 9.30. The van der Waals surface area contributed by atoms with Gasteiger partial charge in [0.05, 0.1) is 6.54 Å². The van der Waals surface area contributed by atoms with Crippen LogP contribution in [0.4, 0.5) is 0 Å². The van der Waals surface area contributed by atoms with Gasteiger partial charge >= 0.3 is 0 Å². The number of benzene rings is 1. The molecule has 21 heavy (non-hydrogen) atoms. The first-order valence-electron chi connectivity index (χ1n) is 7.50. The predicted molar refractivity (Wildman–Crippen MR) is 88.6 cm³/mol. The van der Waals surface area contributed by atoms with Crippen LogP contribution in [0.5, 0.6) is 0 Å². The Morgan fingerprint density at radius 3 is 2.52 bits per heavy atom. The molecule has 0 unspecified atom stereocenters. The number of likely N-dealkylation sites (N-methyl/N-ethyl adjacent to an activating group) is 1. The van der Waals surface area contributed by atoms with Crippen molar-refractivity contribution in [1.82, 2.24) is 15.5 Å². The molecular weight excluding hydrogens is 282 g/mol. The van der Waals surface area contributed by atoms with Gasteiger partial charge in [0.2, 0.25) is 5.91 Å². The van der Waals surface area contributed by atoms with Crippen molar-refractivity contribution < 1.29 is 4.79 Å². The number of piperidine rings is 1. The minimum absolute atomic E-state index is 0.107. The number of rotatable bonds is 6. The molecule has 1 amide bonds. The van der Waals surface area contributed by atoms with E-state index < -0.39 is 0 Å². The number of carbonyl (C=O) groups is 1. The predicted octanol–water partition coefficient (Wildman–Crippen LogP) is 1.71. The van der Waals surface area contributed by atoms with Crippen molar-refractivity contribution in [1.29, 1.82) is 0 Å². The molecule has 116 valence electrons. The zero-order valence-electron chi connectivity index (χ0n) is 12.9. The van der Waals surface area contributed by atoms with Gasteiger partial charge in [-0.2, -0.15) is 0 Å². The third kappa shape index (κ3) is 5.34. The monoisotopic (exact) mass is 307 g/mol. The number of carbonyl (C=O) groups excluding carboxylic acids is 1. The third-order valence-corrected chi connectivity index (χ3v) is 4.73. The Balaban J connectivity index is 1.69. The maximum Gasteiger partial charge on any atom is 0.233 e. The molecule has 1 aliphatic rings. The molecule has 1 saturated heterocycles. The Bertz CT molecular complexity index is 441. The number of hydrogen-bond acceptors (Lipinski definition) is 4. The number of thioether (sulfide) groups is 1. The van der Waals surface area contributed by atoms with Gasteiger partial charge in [-0.3, -0.25) is 9.69 Å². The molecule has 0 bridgehead atoms. The molecule has 0 aromatic heterocycles. The average molecular weight is 307 g/mol. The summed E-state index contributed by atoms with van der Waals surface area (Å²) in [5.41, 5.74) is 1.33. The maximum absolute atomic E-state index is 11.4. The molecule has 0 aliphatic carbocycles. The van der Waals surface area contributed by atoms with Crippen molar-refractivity contribution in [3.05, 3.63) is 29.8 Å². The zero-order valence-corrected chi connectivity index (χ0v) is 13.7. The second-order valence-electron chi connectivity index (χ2n) is 5.45. The zero-order chi connectivity index (χ0) is 15.1. The number of nitrogens with one attached hydrogen (secondary N) is 2. The standard InChI is InChI=1S/C16H25N3OS/c1-17-16(20)12-19-9-7-14(8-10-19)18-11-13-3-5-15(21-2)6-4-13/h3-6,14,18H,7-12H2,1-2H3,(H,17,20). The highest BCUT2D eigenvalue weighted by molar-refractivity contribution is 7.98. The molecule has 0 atom stereocenters. The fourth-order valence-corrected chi connectivity index (χ4v) is 2.99. The van der Waals surface area contributed by atoms with Crippen molar-refractivity contribution in [2.75, 3.05) is 32.9 Å². The molecule has 1 aliphatic heterocycles. The Morgan fingerprint density at radius 2 is 1.95 bits per heavy atom. The van der Waals surface area contributed by atoms with Gasteiger partial charge in [-0.15, -0.1) is 11.8 Å². The van der Waals surface area contributed by atoms with Gasteiger partial charge in [0.1, 0.15) is 0 Å². The lowest BCUT2D eigenvalue weighted by atomic mass is 10.0. The smallest absolute Gasteiger partial charge is 0.233 e. The van der Waals surface area contributed by atoms with Gasteiger partial charge in [-0.1, -0.05) is 12.1 Å². The first-order valence-corrected chi connectivity index (χ1v) is 8.73. The lowest BCUT2D eigenvalue weighted by molar-refractivity contribution is -0.122. The minimum Gasteiger partial charge on any atom is -0.358 e. The minimum atomic E-state index is 0.107. The number of likely N-dealkylation sites (tertiary alicyclic amines) is 1. The molecule has 0 saturated carbocycles. The highest BCUT2D eigenvalue weighted by Gasteiger charge is 2.19. The lowest BCUT2D eigenvalue weighted by Gasteiger charge is -2.31. The average Bonchev–Trinajstić information content (AvgIpc) is 2.54. The van der Waals surface area contributed by atoms with Crippen molar-refractivity contribution >= 4 is 17.7 Å². The maximum atomic E-state index is 11.4. The van der Waals surface area contributed by atoms with Crippen LogP contribution < -0.4 is 10.6 Å². The first kappa shape index (κ1) is 16.3. The molecule has 4 nitrogen and oxygen atoms in total. The van der Waals surface area contributed by atoms with Gasteiger partial charge in [-0.05, 0) is 36.8 Å². The molecule has 2 N–H and O–H groups in total. The Morgan fingerprint density at radius 1 is 1.29 bits per heavy atom. The quantitative estimate of drug-likeness (QED) is 0.785. The van der Waals surface area contributed by atoms with E-state index in [0.29, 0.717) is 12.6 Å². The van der Waals surface area contributed by atoms with Gasteiger partial charge < -0.3 is 10.6 Å². The molecule has 5 heteroatoms. The Labute approximate surface area is 131 Å². The van der Waals surface area contributed by atoms with Crippen LogP contribution in [0.1, 0.15) is 18.4 Å². The molecule has 0 spiro atoms. The van der Waals surface area contributed by atoms with E-state index in [4.69, 9.17) is 0 Å².